The van der Waals surface area contributed by atoms with Crippen LogP contribution in [0.2, 0.25) is 0 Å². The molecule has 3 rings (SSSR count). The highest BCUT2D eigenvalue weighted by atomic mass is 16.6. The predicted octanol–water partition coefficient (Wildman–Crippen LogP) is 0.796. The van der Waals surface area contributed by atoms with Crippen molar-refractivity contribution in [2.45, 2.75) is 31.7 Å². The van der Waals surface area contributed by atoms with E-state index in [0.717, 1.165) is 12.1 Å². The smallest absolute Gasteiger partial charge is 0.410 e. The van der Waals surface area contributed by atoms with E-state index in [1.54, 1.807) is 15.8 Å². The number of hydrogen-bond acceptors (Lipinski definition) is 4. The van der Waals surface area contributed by atoms with E-state index in [0.29, 0.717) is 39.1 Å². The van der Waals surface area contributed by atoms with Crippen molar-refractivity contribution in [3.63, 3.8) is 0 Å². The summed E-state index contributed by atoms with van der Waals surface area (Å²) in [5.41, 5.74) is 0.717. The van der Waals surface area contributed by atoms with E-state index >= 15 is 0 Å². The molecule has 1 atom stereocenters. The molecule has 2 aliphatic heterocycles. The van der Waals surface area contributed by atoms with Crippen LogP contribution in [0.4, 0.5) is 4.79 Å². The second-order valence-corrected chi connectivity index (χ2v) is 6.05. The Kier molecular flexibility index (Phi) is 3.80. The number of aromatic nitrogens is 2. The van der Waals surface area contributed by atoms with Gasteiger partial charge >= 0.3 is 6.09 Å². The molecular weight excluding hydrogens is 284 g/mol. The van der Waals surface area contributed by atoms with Crippen LogP contribution in [0.1, 0.15) is 25.5 Å². The summed E-state index contributed by atoms with van der Waals surface area (Å²) in [5, 5.41) is 4.11. The topological polar surface area (TPSA) is 67.7 Å². The minimum absolute atomic E-state index is 0.132. The molecule has 2 fully saturated rings. The maximum absolute atomic E-state index is 12.5. The predicted molar refractivity (Wildman–Crippen MR) is 79.2 cm³/mol. The monoisotopic (exact) mass is 306 g/mol. The van der Waals surface area contributed by atoms with Crippen LogP contribution in [-0.2, 0) is 23.0 Å². The van der Waals surface area contributed by atoms with Gasteiger partial charge in [0.2, 0.25) is 5.91 Å². The van der Waals surface area contributed by atoms with Crippen molar-refractivity contribution >= 4 is 12.0 Å². The highest BCUT2D eigenvalue weighted by molar-refractivity contribution is 5.78. The molecule has 2 aliphatic rings. The molecule has 0 spiro atoms. The summed E-state index contributed by atoms with van der Waals surface area (Å²) in [4.78, 5) is 27.9. The molecule has 0 bridgehead atoms. The normalized spacial score (nSPS) is 24.4. The molecule has 0 saturated carbocycles. The Bertz CT molecular complexity index is 585. The van der Waals surface area contributed by atoms with Gasteiger partial charge in [-0.3, -0.25) is 14.4 Å². The number of amides is 2. The molecule has 1 aromatic heterocycles. The molecule has 0 radical (unpaired) electrons. The van der Waals surface area contributed by atoms with E-state index in [1.807, 2.05) is 24.9 Å². The van der Waals surface area contributed by atoms with Crippen molar-refractivity contribution in [3.8, 4) is 0 Å². The lowest BCUT2D eigenvalue weighted by Crippen LogP contribution is -2.62. The van der Waals surface area contributed by atoms with Crippen molar-refractivity contribution in [1.29, 1.82) is 0 Å². The van der Waals surface area contributed by atoms with Crippen molar-refractivity contribution in [2.75, 3.05) is 26.2 Å². The second kappa shape index (κ2) is 5.62. The van der Waals surface area contributed by atoms with E-state index in [2.05, 4.69) is 5.10 Å². The van der Waals surface area contributed by atoms with Crippen molar-refractivity contribution in [2.24, 2.45) is 7.05 Å². The first kappa shape index (κ1) is 14.9. The van der Waals surface area contributed by atoms with Gasteiger partial charge in [-0.05, 0) is 18.9 Å². The molecule has 0 N–H and O–H groups in total. The van der Waals surface area contributed by atoms with Crippen LogP contribution in [0.25, 0.3) is 0 Å². The number of fused-ring (bicyclic) bond motifs is 1. The average molecular weight is 306 g/mol. The number of hydrogen-bond donors (Lipinski definition) is 0. The van der Waals surface area contributed by atoms with Crippen molar-refractivity contribution in [3.05, 3.63) is 18.0 Å². The van der Waals surface area contributed by atoms with Gasteiger partial charge in [0.1, 0.15) is 6.61 Å². The van der Waals surface area contributed by atoms with Gasteiger partial charge in [-0.25, -0.2) is 4.79 Å². The number of carbonyl (C=O) groups excluding carboxylic acids is 2. The molecule has 2 amide bonds. The second-order valence-electron chi connectivity index (χ2n) is 6.05. The quantitative estimate of drug-likeness (QED) is 0.825. The number of rotatable bonds is 4. The van der Waals surface area contributed by atoms with Gasteiger partial charge in [0.05, 0.1) is 5.54 Å². The largest absolute Gasteiger partial charge is 0.447 e. The van der Waals surface area contributed by atoms with Crippen molar-refractivity contribution < 1.29 is 14.3 Å². The summed E-state index contributed by atoms with van der Waals surface area (Å²) >= 11 is 0. The zero-order valence-corrected chi connectivity index (χ0v) is 13.1. The van der Waals surface area contributed by atoms with Crippen LogP contribution < -0.4 is 0 Å². The molecule has 7 nitrogen and oxygen atoms in total. The van der Waals surface area contributed by atoms with E-state index in [4.69, 9.17) is 4.74 Å². The average Bonchev–Trinajstić information content (AvgIpc) is 3.09. The van der Waals surface area contributed by atoms with E-state index in [1.165, 1.54) is 0 Å². The van der Waals surface area contributed by atoms with Crippen LogP contribution in [0, 0.1) is 0 Å². The lowest BCUT2D eigenvalue weighted by Gasteiger charge is -2.44. The molecule has 0 aromatic carbocycles. The Balaban J connectivity index is 1.62. The Hall–Kier alpha value is -2.05. The standard InChI is InChI=1S/C15H22N4O3/c1-3-15-10-18(8-9-19(15)14(21)22-11-15)13(20)5-4-12-6-7-16-17(12)2/h6-7H,3-5,8-11H2,1-2H3. The minimum Gasteiger partial charge on any atom is -0.447 e. The third kappa shape index (κ3) is 2.44. The zero-order valence-electron chi connectivity index (χ0n) is 13.1. The molecule has 120 valence electrons. The molecule has 0 aliphatic carbocycles. The third-order valence-corrected chi connectivity index (χ3v) is 4.86. The van der Waals surface area contributed by atoms with Gasteiger partial charge in [0, 0.05) is 45.0 Å². The maximum Gasteiger partial charge on any atom is 0.410 e. The number of piperazine rings is 1. The van der Waals surface area contributed by atoms with Gasteiger partial charge in [0.25, 0.3) is 0 Å². The Morgan fingerprint density at radius 1 is 1.45 bits per heavy atom. The lowest BCUT2D eigenvalue weighted by molar-refractivity contribution is -0.135. The Labute approximate surface area is 129 Å². The summed E-state index contributed by atoms with van der Waals surface area (Å²) in [7, 11) is 1.88. The first-order valence-electron chi connectivity index (χ1n) is 7.75. The fraction of sp³-hybridized carbons (Fsp3) is 0.667. The molecule has 3 heterocycles. The summed E-state index contributed by atoms with van der Waals surface area (Å²) in [5.74, 6) is 0.132. The van der Waals surface area contributed by atoms with E-state index in [-0.39, 0.29) is 17.5 Å². The number of carbonyl (C=O) groups is 2. The van der Waals surface area contributed by atoms with Crippen LogP contribution >= 0.6 is 0 Å². The lowest BCUT2D eigenvalue weighted by atomic mass is 9.92. The molecule has 1 unspecified atom stereocenters. The SMILES string of the molecule is CCC12COC(=O)N1CCN(C(=O)CCc1ccnn1C)C2. The van der Waals surface area contributed by atoms with Gasteiger partial charge in [-0.15, -0.1) is 0 Å². The van der Waals surface area contributed by atoms with Crippen molar-refractivity contribution in [1.82, 2.24) is 19.6 Å². The molecule has 2 saturated heterocycles. The highest BCUT2D eigenvalue weighted by Gasteiger charge is 2.50. The number of cyclic esters (lactones) is 1. The number of ether oxygens (including phenoxy) is 1. The Morgan fingerprint density at radius 2 is 2.27 bits per heavy atom. The zero-order chi connectivity index (χ0) is 15.7. The summed E-state index contributed by atoms with van der Waals surface area (Å²) in [6.07, 6.45) is 3.44. The van der Waals surface area contributed by atoms with Gasteiger partial charge < -0.3 is 9.64 Å². The number of aryl methyl sites for hydroxylation is 2. The van der Waals surface area contributed by atoms with Crippen LogP contribution in [0.15, 0.2) is 12.3 Å². The first-order valence-corrected chi connectivity index (χ1v) is 7.75. The van der Waals surface area contributed by atoms with E-state index < -0.39 is 0 Å². The van der Waals surface area contributed by atoms with E-state index in [9.17, 15) is 9.59 Å². The van der Waals surface area contributed by atoms with Gasteiger partial charge in [-0.1, -0.05) is 6.92 Å². The van der Waals surface area contributed by atoms with Crippen LogP contribution in [0.3, 0.4) is 0 Å². The summed E-state index contributed by atoms with van der Waals surface area (Å²) < 4.78 is 6.99. The van der Waals surface area contributed by atoms with Crippen LogP contribution in [-0.4, -0.2) is 63.4 Å². The maximum atomic E-state index is 12.5. The summed E-state index contributed by atoms with van der Waals surface area (Å²) in [6.45, 7) is 4.14. The Morgan fingerprint density at radius 3 is 2.95 bits per heavy atom. The molecule has 1 aromatic rings. The minimum atomic E-state index is -0.336. The molecular formula is C15H22N4O3. The fourth-order valence-corrected chi connectivity index (χ4v) is 3.32. The van der Waals surface area contributed by atoms with Crippen LogP contribution in [0.5, 0.6) is 0 Å². The highest BCUT2D eigenvalue weighted by Crippen LogP contribution is 2.31. The fourth-order valence-electron chi connectivity index (χ4n) is 3.32. The first-order chi connectivity index (χ1) is 10.6. The molecule has 22 heavy (non-hydrogen) atoms. The van der Waals surface area contributed by atoms with Gasteiger partial charge in [0.15, 0.2) is 0 Å². The summed E-state index contributed by atoms with van der Waals surface area (Å²) in [6, 6.07) is 1.93. The molecule has 7 heteroatoms. The number of nitrogens with zero attached hydrogens (tertiary/aromatic N) is 4. The van der Waals surface area contributed by atoms with Gasteiger partial charge in [-0.2, -0.15) is 5.10 Å². The third-order valence-electron chi connectivity index (χ3n) is 4.86.